The molecule has 0 radical (unpaired) electrons. The van der Waals surface area contributed by atoms with Crippen molar-refractivity contribution in [3.63, 3.8) is 0 Å². The fraction of sp³-hybridized carbons (Fsp3) is 0.500. The first kappa shape index (κ1) is 14.0. The molecule has 0 fully saturated rings. The molecule has 0 bridgehead atoms. The summed E-state index contributed by atoms with van der Waals surface area (Å²) in [6.07, 6.45) is -1.27. The normalized spacial score (nSPS) is 15.3. The maximum absolute atomic E-state index is 10.8. The maximum atomic E-state index is 10.8. The third-order valence-corrected chi connectivity index (χ3v) is 2.52. The Morgan fingerprint density at radius 1 is 1.40 bits per heavy atom. The summed E-state index contributed by atoms with van der Waals surface area (Å²) in [4.78, 5) is 20.9. The van der Waals surface area contributed by atoms with Crippen molar-refractivity contribution in [1.29, 1.82) is 0 Å². The minimum Gasteiger partial charge on any atom is -0.481 e. The van der Waals surface area contributed by atoms with Crippen molar-refractivity contribution in [2.45, 2.75) is 11.7 Å². The van der Waals surface area contributed by atoms with Crippen molar-refractivity contribution >= 4 is 33.4 Å². The highest BCUT2D eigenvalue weighted by molar-refractivity contribution is 7.87. The fourth-order valence-corrected chi connectivity index (χ4v) is 1.55. The van der Waals surface area contributed by atoms with Crippen LogP contribution in [-0.2, 0) is 35.3 Å². The Labute approximate surface area is 86.3 Å². The average molecular weight is 262 g/mol. The van der Waals surface area contributed by atoms with E-state index in [0.29, 0.717) is 0 Å². The van der Waals surface area contributed by atoms with Gasteiger partial charge >= 0.3 is 23.3 Å². The Morgan fingerprint density at radius 3 is 2.13 bits per heavy atom. The minimum absolute atomic E-state index is 1.27. The van der Waals surface area contributed by atoms with Gasteiger partial charge in [0.25, 0.3) is 10.1 Å². The number of rotatable bonds is 5. The Hall–Kier alpha value is -1.04. The lowest BCUT2D eigenvalue weighted by molar-refractivity contribution is -0.141. The monoisotopic (exact) mass is 262 g/mol. The second kappa shape index (κ2) is 5.16. The van der Waals surface area contributed by atoms with Crippen LogP contribution in [0.25, 0.3) is 0 Å². The number of hydrogen-bond donors (Lipinski definition) is 3. The van der Waals surface area contributed by atoms with Crippen LogP contribution < -0.4 is 0 Å². The molecule has 11 heteroatoms. The summed E-state index contributed by atoms with van der Waals surface area (Å²) in [6, 6.07) is 0. The molecular weight excluding hydrogens is 256 g/mol. The SMILES string of the molecule is O=C(O)CC(C(=O)OS(=O)O)S(=O)(=O)O. The quantitative estimate of drug-likeness (QED) is 0.392. The van der Waals surface area contributed by atoms with E-state index in [1.807, 2.05) is 0 Å². The Bertz CT molecular complexity index is 381. The molecule has 2 unspecified atom stereocenters. The fourth-order valence-electron chi connectivity index (χ4n) is 0.593. The Kier molecular flexibility index (Phi) is 4.80. The molecule has 9 nitrogen and oxygen atoms in total. The van der Waals surface area contributed by atoms with Gasteiger partial charge in [-0.2, -0.15) is 12.6 Å². The first-order chi connectivity index (χ1) is 6.64. The van der Waals surface area contributed by atoms with E-state index < -0.39 is 45.1 Å². The van der Waals surface area contributed by atoms with E-state index in [2.05, 4.69) is 4.18 Å². The van der Waals surface area contributed by atoms with Crippen LogP contribution in [-0.4, -0.2) is 44.0 Å². The van der Waals surface area contributed by atoms with Gasteiger partial charge in [-0.05, 0) is 0 Å². The minimum atomic E-state index is -5.01. The van der Waals surface area contributed by atoms with E-state index in [0.717, 1.165) is 0 Å². The van der Waals surface area contributed by atoms with Crippen LogP contribution in [0.5, 0.6) is 0 Å². The van der Waals surface area contributed by atoms with Gasteiger partial charge in [0.15, 0.2) is 5.25 Å². The Balaban J connectivity index is 4.88. The molecule has 0 aromatic heterocycles. The zero-order chi connectivity index (χ0) is 12.2. The average Bonchev–Trinajstić information content (AvgIpc) is 1.95. The lowest BCUT2D eigenvalue weighted by atomic mass is 10.3. The van der Waals surface area contributed by atoms with Crippen molar-refractivity contribution in [2.75, 3.05) is 0 Å². The predicted molar refractivity (Wildman–Crippen MR) is 44.5 cm³/mol. The van der Waals surface area contributed by atoms with Crippen molar-refractivity contribution in [2.24, 2.45) is 0 Å². The first-order valence-corrected chi connectivity index (χ1v) is 5.69. The van der Waals surface area contributed by atoms with Gasteiger partial charge in [-0.1, -0.05) is 0 Å². The highest BCUT2D eigenvalue weighted by atomic mass is 32.2. The highest BCUT2D eigenvalue weighted by Crippen LogP contribution is 2.07. The molecule has 0 aliphatic rings. The smallest absolute Gasteiger partial charge is 0.360 e. The molecule has 0 aromatic carbocycles. The van der Waals surface area contributed by atoms with E-state index >= 15 is 0 Å². The van der Waals surface area contributed by atoms with Crippen molar-refractivity contribution < 1.29 is 40.6 Å². The lowest BCUT2D eigenvalue weighted by Crippen LogP contribution is -2.34. The van der Waals surface area contributed by atoms with E-state index in [9.17, 15) is 22.2 Å². The van der Waals surface area contributed by atoms with Gasteiger partial charge in [-0.15, -0.1) is 0 Å². The van der Waals surface area contributed by atoms with Gasteiger partial charge in [-0.25, -0.2) is 4.79 Å². The van der Waals surface area contributed by atoms with Gasteiger partial charge in [-0.3, -0.25) is 13.9 Å². The van der Waals surface area contributed by atoms with Crippen molar-refractivity contribution in [3.05, 3.63) is 0 Å². The van der Waals surface area contributed by atoms with Gasteiger partial charge in [0.1, 0.15) is 0 Å². The highest BCUT2D eigenvalue weighted by Gasteiger charge is 2.36. The van der Waals surface area contributed by atoms with Crippen LogP contribution in [0.2, 0.25) is 0 Å². The van der Waals surface area contributed by atoms with E-state index in [1.54, 1.807) is 0 Å². The summed E-state index contributed by atoms with van der Waals surface area (Å²) in [6.45, 7) is 0. The first-order valence-electron chi connectivity index (χ1n) is 3.15. The summed E-state index contributed by atoms with van der Waals surface area (Å²) in [5, 5.41) is 5.78. The van der Waals surface area contributed by atoms with Crippen molar-refractivity contribution in [1.82, 2.24) is 0 Å². The predicted octanol–water partition coefficient (Wildman–Crippen LogP) is -1.60. The number of aliphatic carboxylic acids is 1. The number of carbonyl (C=O) groups excluding carboxylic acids is 1. The molecule has 0 saturated carbocycles. The summed E-state index contributed by atoms with van der Waals surface area (Å²) < 4.78 is 51.0. The second-order valence-electron chi connectivity index (χ2n) is 2.22. The van der Waals surface area contributed by atoms with Gasteiger partial charge in [0.2, 0.25) is 0 Å². The zero-order valence-corrected chi connectivity index (χ0v) is 8.53. The number of carbonyl (C=O) groups is 2. The van der Waals surface area contributed by atoms with Crippen LogP contribution in [0.4, 0.5) is 0 Å². The van der Waals surface area contributed by atoms with E-state index in [4.69, 9.17) is 14.2 Å². The largest absolute Gasteiger partial charge is 0.481 e. The van der Waals surface area contributed by atoms with Crippen LogP contribution in [0, 0.1) is 0 Å². The second-order valence-corrected chi connectivity index (χ2v) is 4.42. The topological polar surface area (TPSA) is 155 Å². The van der Waals surface area contributed by atoms with Gasteiger partial charge in [0, 0.05) is 0 Å². The lowest BCUT2D eigenvalue weighted by Gasteiger charge is -2.07. The molecule has 0 aliphatic carbocycles. The van der Waals surface area contributed by atoms with Gasteiger partial charge in [0.05, 0.1) is 6.42 Å². The number of hydrogen-bond acceptors (Lipinski definition) is 6. The molecule has 0 amide bonds. The van der Waals surface area contributed by atoms with Crippen molar-refractivity contribution in [3.8, 4) is 0 Å². The summed E-state index contributed by atoms with van der Waals surface area (Å²) in [7, 11) is -5.01. The Morgan fingerprint density at radius 2 is 1.87 bits per heavy atom. The molecule has 15 heavy (non-hydrogen) atoms. The maximum Gasteiger partial charge on any atom is 0.360 e. The summed E-state index contributed by atoms with van der Waals surface area (Å²) in [5.74, 6) is -3.51. The summed E-state index contributed by atoms with van der Waals surface area (Å²) in [5.41, 5.74) is 0. The van der Waals surface area contributed by atoms with Crippen LogP contribution in [0.15, 0.2) is 0 Å². The zero-order valence-electron chi connectivity index (χ0n) is 6.89. The van der Waals surface area contributed by atoms with E-state index in [-0.39, 0.29) is 0 Å². The molecule has 0 aromatic rings. The molecule has 88 valence electrons. The van der Waals surface area contributed by atoms with Crippen LogP contribution in [0.1, 0.15) is 6.42 Å². The molecule has 0 aliphatic heterocycles. The summed E-state index contributed by atoms with van der Waals surface area (Å²) >= 11 is -3.08. The van der Waals surface area contributed by atoms with Gasteiger partial charge < -0.3 is 9.29 Å². The molecule has 3 N–H and O–H groups in total. The molecule has 0 heterocycles. The van der Waals surface area contributed by atoms with Crippen LogP contribution in [0.3, 0.4) is 0 Å². The molecule has 0 saturated heterocycles. The standard InChI is InChI=1S/C4H6O9S2/c5-3(6)1-2(15(10,11)12)4(7)13-14(8)9/h2H,1H2,(H,5,6)(H,8,9)(H,10,11,12). The number of carboxylic acids is 1. The number of carboxylic acid groups (broad SMARTS) is 1. The van der Waals surface area contributed by atoms with Crippen LogP contribution >= 0.6 is 0 Å². The van der Waals surface area contributed by atoms with E-state index in [1.165, 1.54) is 0 Å². The molecular formula is C4H6O9S2. The third kappa shape index (κ3) is 5.41. The molecule has 0 rings (SSSR count). The molecule has 0 spiro atoms. The molecule has 2 atom stereocenters. The third-order valence-electron chi connectivity index (χ3n) is 1.14.